The Labute approximate surface area is 388 Å². The smallest absolute Gasteiger partial charge is 0.306 e. The lowest BCUT2D eigenvalue weighted by atomic mass is 10.0. The van der Waals surface area contributed by atoms with Crippen molar-refractivity contribution in [3.05, 3.63) is 109 Å². The van der Waals surface area contributed by atoms with Crippen LogP contribution in [-0.4, -0.2) is 46.9 Å². The standard InChI is InChI=1S/C57H95NO5/c1-4-7-10-13-16-19-22-24-26-27-28-30-32-35-38-41-44-47-50-57(62)63-53(48-45-42-39-36-33-21-18-15-12-9-6-3)51-56(61)58-54(52-59)55(60)49-46-43-40-37-34-31-29-25-23-20-17-14-11-8-5-2/h9,12,15-16,18-19,21-22,24,26-28,30,33,36,39,42,45,53-55,59-60H,4-8,10-11,13-14,17,20,23,25,29,31-32,34-35,37-38,40-41,43-44,46-52H2,1-3H3,(H,58,61)/b12-9+,18-15+,19-16+,24-22+,27-26+,30-28+,33-21-,39-36-,45-42+. The molecule has 0 heterocycles. The van der Waals surface area contributed by atoms with Gasteiger partial charge in [0.05, 0.1) is 25.2 Å². The van der Waals surface area contributed by atoms with Gasteiger partial charge in [-0.25, -0.2) is 0 Å². The first-order valence-electron chi connectivity index (χ1n) is 25.7. The van der Waals surface area contributed by atoms with Crippen molar-refractivity contribution in [3.63, 3.8) is 0 Å². The Kier molecular flexibility index (Phi) is 46.8. The summed E-state index contributed by atoms with van der Waals surface area (Å²) in [5, 5.41) is 23.7. The van der Waals surface area contributed by atoms with Crippen LogP contribution in [0.3, 0.4) is 0 Å². The van der Waals surface area contributed by atoms with Gasteiger partial charge in [-0.15, -0.1) is 0 Å². The molecule has 6 heteroatoms. The number of allylic oxidation sites excluding steroid dienone is 17. The Morgan fingerprint density at radius 1 is 0.492 bits per heavy atom. The molecule has 3 unspecified atom stereocenters. The van der Waals surface area contributed by atoms with E-state index in [0.29, 0.717) is 19.3 Å². The first kappa shape index (κ1) is 59.5. The molecule has 63 heavy (non-hydrogen) atoms. The van der Waals surface area contributed by atoms with Crippen LogP contribution in [0, 0.1) is 0 Å². The number of hydrogen-bond donors (Lipinski definition) is 3. The van der Waals surface area contributed by atoms with Crippen LogP contribution in [0.2, 0.25) is 0 Å². The van der Waals surface area contributed by atoms with Crippen molar-refractivity contribution < 1.29 is 24.5 Å². The van der Waals surface area contributed by atoms with E-state index >= 15 is 0 Å². The average molecular weight is 874 g/mol. The largest absolute Gasteiger partial charge is 0.461 e. The molecule has 0 rings (SSSR count). The number of rotatable bonds is 44. The third kappa shape index (κ3) is 44.9. The summed E-state index contributed by atoms with van der Waals surface area (Å²) in [6, 6.07) is -0.751. The van der Waals surface area contributed by atoms with Crippen molar-refractivity contribution in [1.29, 1.82) is 0 Å². The highest BCUT2D eigenvalue weighted by Crippen LogP contribution is 2.16. The fourth-order valence-electron chi connectivity index (χ4n) is 7.17. The number of unbranched alkanes of at least 4 members (excludes halogenated alkanes) is 22. The Hall–Kier alpha value is -3.48. The summed E-state index contributed by atoms with van der Waals surface area (Å²) in [7, 11) is 0. The highest BCUT2D eigenvalue weighted by molar-refractivity contribution is 5.77. The predicted molar refractivity (Wildman–Crippen MR) is 273 cm³/mol. The van der Waals surface area contributed by atoms with E-state index in [1.807, 2.05) is 54.7 Å². The van der Waals surface area contributed by atoms with Gasteiger partial charge in [0.15, 0.2) is 0 Å². The van der Waals surface area contributed by atoms with E-state index in [1.54, 1.807) is 0 Å². The van der Waals surface area contributed by atoms with Gasteiger partial charge in [0.1, 0.15) is 6.10 Å². The second-order valence-corrected chi connectivity index (χ2v) is 17.1. The molecule has 0 aliphatic carbocycles. The quantitative estimate of drug-likeness (QED) is 0.0322. The minimum Gasteiger partial charge on any atom is -0.461 e. The topological polar surface area (TPSA) is 95.9 Å². The average Bonchev–Trinajstić information content (AvgIpc) is 3.28. The number of ether oxygens (including phenoxy) is 1. The number of aliphatic hydroxyl groups is 2. The second-order valence-electron chi connectivity index (χ2n) is 17.1. The van der Waals surface area contributed by atoms with E-state index in [0.717, 1.165) is 70.6 Å². The van der Waals surface area contributed by atoms with Gasteiger partial charge in [-0.2, -0.15) is 0 Å². The van der Waals surface area contributed by atoms with Crippen molar-refractivity contribution >= 4 is 11.9 Å². The van der Waals surface area contributed by atoms with E-state index in [2.05, 4.69) is 80.8 Å². The maximum atomic E-state index is 13.2. The molecule has 6 nitrogen and oxygen atoms in total. The zero-order chi connectivity index (χ0) is 45.9. The van der Waals surface area contributed by atoms with Crippen LogP contribution in [0.15, 0.2) is 109 Å². The Morgan fingerprint density at radius 2 is 0.889 bits per heavy atom. The lowest BCUT2D eigenvalue weighted by molar-refractivity contribution is -0.150. The summed E-state index contributed by atoms with van der Waals surface area (Å²) in [5.41, 5.74) is 0. The summed E-state index contributed by atoms with van der Waals surface area (Å²) in [4.78, 5) is 26.1. The van der Waals surface area contributed by atoms with Crippen LogP contribution in [-0.2, 0) is 14.3 Å². The predicted octanol–water partition coefficient (Wildman–Crippen LogP) is 15.5. The van der Waals surface area contributed by atoms with Crippen LogP contribution in [0.1, 0.15) is 213 Å². The van der Waals surface area contributed by atoms with Crippen LogP contribution in [0.25, 0.3) is 0 Å². The number of nitrogens with one attached hydrogen (secondary N) is 1. The number of esters is 1. The van der Waals surface area contributed by atoms with E-state index in [9.17, 15) is 19.8 Å². The first-order valence-corrected chi connectivity index (χ1v) is 25.7. The van der Waals surface area contributed by atoms with Crippen LogP contribution in [0.4, 0.5) is 0 Å². The molecule has 0 aliphatic rings. The summed E-state index contributed by atoms with van der Waals surface area (Å²) >= 11 is 0. The Balaban J connectivity index is 4.69. The summed E-state index contributed by atoms with van der Waals surface area (Å²) < 4.78 is 5.83. The van der Waals surface area contributed by atoms with E-state index in [1.165, 1.54) is 96.3 Å². The van der Waals surface area contributed by atoms with Gasteiger partial charge in [0.25, 0.3) is 0 Å². The number of carbonyl (C=O) groups excluding carboxylic acids is 2. The fraction of sp³-hybridized carbons (Fsp3) is 0.649. The molecule has 3 atom stereocenters. The second kappa shape index (κ2) is 49.5. The molecular formula is C57H95NO5. The van der Waals surface area contributed by atoms with E-state index in [-0.39, 0.29) is 24.9 Å². The van der Waals surface area contributed by atoms with Crippen molar-refractivity contribution in [2.75, 3.05) is 6.61 Å². The lowest BCUT2D eigenvalue weighted by Crippen LogP contribution is -2.46. The molecular weight excluding hydrogens is 779 g/mol. The van der Waals surface area contributed by atoms with Gasteiger partial charge in [0.2, 0.25) is 5.91 Å². The van der Waals surface area contributed by atoms with Crippen molar-refractivity contribution in [2.45, 2.75) is 232 Å². The number of amides is 1. The molecule has 0 aromatic rings. The third-order valence-corrected chi connectivity index (χ3v) is 11.1. The molecule has 0 fully saturated rings. The summed E-state index contributed by atoms with van der Waals surface area (Å²) in [6.45, 7) is 6.25. The molecule has 3 N–H and O–H groups in total. The zero-order valence-electron chi connectivity index (χ0n) is 40.7. The fourth-order valence-corrected chi connectivity index (χ4v) is 7.17. The maximum Gasteiger partial charge on any atom is 0.306 e. The molecule has 0 saturated carbocycles. The van der Waals surface area contributed by atoms with Gasteiger partial charge in [0, 0.05) is 12.8 Å². The van der Waals surface area contributed by atoms with Gasteiger partial charge >= 0.3 is 5.97 Å². The van der Waals surface area contributed by atoms with Crippen molar-refractivity contribution in [1.82, 2.24) is 5.32 Å². The lowest BCUT2D eigenvalue weighted by Gasteiger charge is -2.24. The number of carbonyl (C=O) groups is 2. The third-order valence-electron chi connectivity index (χ3n) is 11.1. The normalized spacial score (nSPS) is 14.2. The number of aliphatic hydroxyl groups excluding tert-OH is 2. The summed E-state index contributed by atoms with van der Waals surface area (Å²) in [5.74, 6) is -0.643. The molecule has 0 spiro atoms. The Morgan fingerprint density at radius 3 is 1.38 bits per heavy atom. The minimum absolute atomic E-state index is 0.0346. The Bertz CT molecular complexity index is 1300. The van der Waals surface area contributed by atoms with Gasteiger partial charge < -0.3 is 20.3 Å². The summed E-state index contributed by atoms with van der Waals surface area (Å²) in [6.07, 6.45) is 67.4. The highest BCUT2D eigenvalue weighted by atomic mass is 16.5. The zero-order valence-corrected chi connectivity index (χ0v) is 40.7. The molecule has 0 aromatic carbocycles. The first-order chi connectivity index (χ1) is 31.0. The number of hydrogen-bond acceptors (Lipinski definition) is 5. The molecule has 0 aromatic heterocycles. The highest BCUT2D eigenvalue weighted by Gasteiger charge is 2.23. The van der Waals surface area contributed by atoms with E-state index < -0.39 is 18.2 Å². The minimum atomic E-state index is -0.829. The van der Waals surface area contributed by atoms with Crippen LogP contribution < -0.4 is 5.32 Å². The molecule has 0 saturated heterocycles. The van der Waals surface area contributed by atoms with Crippen LogP contribution in [0.5, 0.6) is 0 Å². The molecule has 1 amide bonds. The molecule has 0 aliphatic heterocycles. The molecule has 0 radical (unpaired) electrons. The van der Waals surface area contributed by atoms with Gasteiger partial charge in [-0.3, -0.25) is 9.59 Å². The van der Waals surface area contributed by atoms with Crippen molar-refractivity contribution in [2.24, 2.45) is 0 Å². The molecule has 358 valence electrons. The van der Waals surface area contributed by atoms with Crippen molar-refractivity contribution in [3.8, 4) is 0 Å². The van der Waals surface area contributed by atoms with Crippen LogP contribution >= 0.6 is 0 Å². The van der Waals surface area contributed by atoms with Gasteiger partial charge in [-0.05, 0) is 44.9 Å². The van der Waals surface area contributed by atoms with E-state index in [4.69, 9.17) is 4.74 Å². The molecule has 0 bridgehead atoms. The van der Waals surface area contributed by atoms with Gasteiger partial charge in [-0.1, -0.05) is 259 Å². The maximum absolute atomic E-state index is 13.2. The SMILES string of the molecule is CC/C=C/C=C/C=C\C=C/C=C/CC(CC(=O)NC(CO)C(O)CCCCCCCCCCCCCCCCC)OC(=O)CCCCCCC/C=C/C=C/C=C/C=C/CCCCC. The monoisotopic (exact) mass is 874 g/mol.